The monoisotopic (exact) mass is 739 g/mol. The minimum absolute atomic E-state index is 0.156. The summed E-state index contributed by atoms with van der Waals surface area (Å²) >= 11 is 0. The lowest BCUT2D eigenvalue weighted by Gasteiger charge is -2.27. The molecule has 2 rings (SSSR count). The third-order valence-electron chi connectivity index (χ3n) is 8.78. The van der Waals surface area contributed by atoms with Crippen LogP contribution in [0.1, 0.15) is 88.6 Å². The summed E-state index contributed by atoms with van der Waals surface area (Å²) in [6.07, 6.45) is 3.67. The van der Waals surface area contributed by atoms with Gasteiger partial charge in [0.2, 0.25) is 23.6 Å². The van der Waals surface area contributed by atoms with Crippen molar-refractivity contribution >= 4 is 36.7 Å². The minimum Gasteiger partial charge on any atom is -0.426 e. The highest BCUT2D eigenvalue weighted by molar-refractivity contribution is 6.43. The molecule has 2 aromatic carbocycles. The van der Waals surface area contributed by atoms with E-state index in [9.17, 15) is 39.1 Å². The maximum Gasteiger partial charge on any atom is 0.475 e. The molecule has 6 atom stereocenters. The zero-order valence-electron chi connectivity index (χ0n) is 31.3. The molecule has 292 valence electrons. The fourth-order valence-electron chi connectivity index (χ4n) is 5.38. The molecule has 12 N–H and O–H groups in total. The number of carbonyl (C=O) groups is 5. The summed E-state index contributed by atoms with van der Waals surface area (Å²) in [4.78, 5) is 65.8. The Morgan fingerprint density at radius 2 is 1.21 bits per heavy atom. The number of amides is 5. The Hall–Kier alpha value is -4.35. The van der Waals surface area contributed by atoms with Gasteiger partial charge in [-0.05, 0) is 108 Å². The van der Waals surface area contributed by atoms with E-state index in [0.29, 0.717) is 31.4 Å². The van der Waals surface area contributed by atoms with Crippen LogP contribution < -0.4 is 38.1 Å². The lowest BCUT2D eigenvalue weighted by Crippen LogP contribution is -2.60. The molecule has 0 aliphatic carbocycles. The number of rotatable bonds is 23. The molecule has 15 nitrogen and oxygen atoms in total. The Labute approximate surface area is 312 Å². The number of nitrogens with two attached hydrogens (primary N) is 2. The molecule has 0 aromatic heterocycles. The van der Waals surface area contributed by atoms with Crippen LogP contribution in [0, 0.1) is 0 Å². The molecular formula is C37H58BN7O8. The number of nitrogens with one attached hydrogen (secondary N) is 5. The van der Waals surface area contributed by atoms with Crippen molar-refractivity contribution < 1.29 is 39.1 Å². The number of hydrogen-bond acceptors (Lipinski definition) is 10. The van der Waals surface area contributed by atoms with Crippen molar-refractivity contribution in [2.45, 2.75) is 115 Å². The van der Waals surface area contributed by atoms with E-state index in [-0.39, 0.29) is 19.4 Å². The second-order valence-electron chi connectivity index (χ2n) is 13.3. The lowest BCUT2D eigenvalue weighted by molar-refractivity contribution is -0.135. The maximum atomic E-state index is 13.4. The van der Waals surface area contributed by atoms with Crippen molar-refractivity contribution in [1.29, 1.82) is 0 Å². The summed E-state index contributed by atoms with van der Waals surface area (Å²) in [6, 6.07) is 10.4. The summed E-state index contributed by atoms with van der Waals surface area (Å²) in [7, 11) is -1.82. The standard InChI is InChI=1S/C37H58BN7O8/c1-5-6-10-26-13-15-27(16-14-26)28-17-19-29(20-18-28)34(48)44-31(12-9-22-40)36(50)45-32(24(3)46)37(51)41-23(2)33(47)43-30(11-7-8-21-39)35(49)42-25(4)38(52)53/h13-20,23-25,30-32,46,52-53H,5-12,21-22,39-40H2,1-4H3,(H,41,51)(H,42,49)(H,43,47)(H,44,48)(H,45,50)/t23-,24?,25-,30-,31-,32-/m0/s1. The van der Waals surface area contributed by atoms with Crippen LogP contribution in [-0.2, 0) is 25.6 Å². The summed E-state index contributed by atoms with van der Waals surface area (Å²) in [5.41, 5.74) is 14.8. The number of unbranched alkanes of at least 4 members (excludes halogenated alkanes) is 2. The molecule has 0 spiro atoms. The van der Waals surface area contributed by atoms with Gasteiger partial charge in [0.25, 0.3) is 5.91 Å². The van der Waals surface area contributed by atoms with Crippen LogP contribution in [-0.4, -0.2) is 101 Å². The van der Waals surface area contributed by atoms with Crippen molar-refractivity contribution in [1.82, 2.24) is 26.6 Å². The topological polar surface area (TPSA) is 258 Å². The van der Waals surface area contributed by atoms with Crippen LogP contribution in [0.15, 0.2) is 48.5 Å². The molecule has 0 saturated heterocycles. The first-order valence-corrected chi connectivity index (χ1v) is 18.4. The molecule has 0 fully saturated rings. The summed E-state index contributed by atoms with van der Waals surface area (Å²) < 4.78 is 0. The van der Waals surface area contributed by atoms with Gasteiger partial charge in [0.05, 0.1) is 12.0 Å². The number of carbonyl (C=O) groups excluding carboxylic acids is 5. The third kappa shape index (κ3) is 15.3. The predicted molar refractivity (Wildman–Crippen MR) is 204 cm³/mol. The number of aliphatic hydroxyl groups excluding tert-OH is 1. The Kier molecular flexibility index (Phi) is 19.7. The van der Waals surface area contributed by atoms with Gasteiger partial charge in [-0.15, -0.1) is 0 Å². The van der Waals surface area contributed by atoms with Crippen molar-refractivity contribution in [3.8, 4) is 11.1 Å². The van der Waals surface area contributed by atoms with Crippen molar-refractivity contribution in [2.75, 3.05) is 13.1 Å². The van der Waals surface area contributed by atoms with Gasteiger partial charge in [-0.1, -0.05) is 49.7 Å². The molecule has 0 aliphatic heterocycles. The quantitative estimate of drug-likeness (QED) is 0.0541. The normalized spacial score (nSPS) is 14.4. The average molecular weight is 740 g/mol. The Morgan fingerprint density at radius 3 is 1.75 bits per heavy atom. The van der Waals surface area contributed by atoms with Gasteiger partial charge in [-0.2, -0.15) is 0 Å². The molecule has 0 bridgehead atoms. The molecule has 0 aliphatic rings. The van der Waals surface area contributed by atoms with E-state index >= 15 is 0 Å². The van der Waals surface area contributed by atoms with Gasteiger partial charge in [0.1, 0.15) is 24.2 Å². The van der Waals surface area contributed by atoms with Crippen LogP contribution in [0.2, 0.25) is 0 Å². The summed E-state index contributed by atoms with van der Waals surface area (Å²) in [6.45, 7) is 6.79. The first-order valence-electron chi connectivity index (χ1n) is 18.4. The average Bonchev–Trinajstić information content (AvgIpc) is 3.13. The van der Waals surface area contributed by atoms with Gasteiger partial charge in [0.15, 0.2) is 0 Å². The molecule has 16 heteroatoms. The number of aliphatic hydroxyl groups is 1. The van der Waals surface area contributed by atoms with Crippen molar-refractivity contribution in [2.24, 2.45) is 11.5 Å². The van der Waals surface area contributed by atoms with E-state index in [4.69, 9.17) is 11.5 Å². The molecule has 0 radical (unpaired) electrons. The second kappa shape index (κ2) is 23.3. The molecule has 2 aromatic rings. The van der Waals surface area contributed by atoms with Crippen LogP contribution >= 0.6 is 0 Å². The molecule has 0 heterocycles. The van der Waals surface area contributed by atoms with Gasteiger partial charge in [-0.3, -0.25) is 24.0 Å². The lowest BCUT2D eigenvalue weighted by atomic mass is 9.81. The first kappa shape index (κ1) is 44.8. The van der Waals surface area contributed by atoms with Gasteiger partial charge < -0.3 is 53.2 Å². The molecule has 0 saturated carbocycles. The largest absolute Gasteiger partial charge is 0.475 e. The van der Waals surface area contributed by atoms with E-state index in [1.807, 2.05) is 24.3 Å². The van der Waals surface area contributed by atoms with Crippen molar-refractivity contribution in [3.63, 3.8) is 0 Å². The minimum atomic E-state index is -1.82. The van der Waals surface area contributed by atoms with Crippen LogP contribution in [0.4, 0.5) is 0 Å². The first-order chi connectivity index (χ1) is 25.2. The van der Waals surface area contributed by atoms with Gasteiger partial charge in [0, 0.05) is 5.56 Å². The maximum absolute atomic E-state index is 13.4. The smallest absolute Gasteiger partial charge is 0.426 e. The van der Waals surface area contributed by atoms with Crippen LogP contribution in [0.3, 0.4) is 0 Å². The Bertz CT molecular complexity index is 1460. The highest BCUT2D eigenvalue weighted by Gasteiger charge is 2.33. The van der Waals surface area contributed by atoms with E-state index in [2.05, 4.69) is 45.6 Å². The highest BCUT2D eigenvalue weighted by atomic mass is 16.4. The van der Waals surface area contributed by atoms with E-state index in [1.54, 1.807) is 12.1 Å². The number of benzene rings is 2. The zero-order valence-corrected chi connectivity index (χ0v) is 31.3. The fraction of sp³-hybridized carbons (Fsp3) is 0.541. The highest BCUT2D eigenvalue weighted by Crippen LogP contribution is 2.21. The molecule has 53 heavy (non-hydrogen) atoms. The third-order valence-corrected chi connectivity index (χ3v) is 8.78. The van der Waals surface area contributed by atoms with Gasteiger partial charge >= 0.3 is 7.12 Å². The number of aryl methyl sites for hydroxylation is 1. The zero-order chi connectivity index (χ0) is 39.5. The van der Waals surface area contributed by atoms with Gasteiger partial charge in [-0.25, -0.2) is 0 Å². The van der Waals surface area contributed by atoms with E-state index in [0.717, 1.165) is 30.4 Å². The fourth-order valence-corrected chi connectivity index (χ4v) is 5.38. The summed E-state index contributed by atoms with van der Waals surface area (Å²) in [5.74, 6) is -4.53. The second-order valence-corrected chi connectivity index (χ2v) is 13.3. The van der Waals surface area contributed by atoms with E-state index in [1.165, 1.54) is 26.3 Å². The number of hydrogen-bond donors (Lipinski definition) is 10. The summed E-state index contributed by atoms with van der Waals surface area (Å²) in [5, 5.41) is 41.8. The van der Waals surface area contributed by atoms with Crippen molar-refractivity contribution in [3.05, 3.63) is 59.7 Å². The van der Waals surface area contributed by atoms with Crippen LogP contribution in [0.25, 0.3) is 11.1 Å². The molecule has 5 amide bonds. The van der Waals surface area contributed by atoms with E-state index < -0.39 is 72.9 Å². The molecular weight excluding hydrogens is 681 g/mol. The molecule has 1 unspecified atom stereocenters. The SMILES string of the molecule is CCCCc1ccc(-c2ccc(C(=O)N[C@@H](CCCN)C(=O)N[C@H](C(=O)N[C@@H](C)C(=O)N[C@@H](CCCCN)C(=O)N[C@@H](C)B(O)O)C(C)O)cc2)cc1. The predicted octanol–water partition coefficient (Wildman–Crippen LogP) is 0.0343. The Balaban J connectivity index is 2.09. The Morgan fingerprint density at radius 1 is 0.660 bits per heavy atom. The van der Waals surface area contributed by atoms with Crippen LogP contribution in [0.5, 0.6) is 0 Å².